The molecular formula is C18H28N2. The maximum atomic E-state index is 3.73. The number of nitrogens with one attached hydrogen (secondary N) is 2. The highest BCUT2D eigenvalue weighted by molar-refractivity contribution is 5.57. The van der Waals surface area contributed by atoms with Crippen LogP contribution in [0, 0.1) is 5.41 Å². The molecule has 0 saturated heterocycles. The summed E-state index contributed by atoms with van der Waals surface area (Å²) in [7, 11) is 0. The van der Waals surface area contributed by atoms with E-state index in [4.69, 9.17) is 0 Å². The van der Waals surface area contributed by atoms with Gasteiger partial charge in [0.2, 0.25) is 0 Å². The zero-order chi connectivity index (χ0) is 13.8. The van der Waals surface area contributed by atoms with Gasteiger partial charge in [-0.2, -0.15) is 0 Å². The quantitative estimate of drug-likeness (QED) is 0.787. The van der Waals surface area contributed by atoms with Gasteiger partial charge in [0.15, 0.2) is 0 Å². The van der Waals surface area contributed by atoms with E-state index in [1.165, 1.54) is 56.3 Å². The minimum absolute atomic E-state index is 0.560. The van der Waals surface area contributed by atoms with E-state index in [0.29, 0.717) is 11.3 Å². The van der Waals surface area contributed by atoms with Gasteiger partial charge in [-0.1, -0.05) is 44.4 Å². The zero-order valence-electron chi connectivity index (χ0n) is 12.8. The Hall–Kier alpha value is -1.02. The highest BCUT2D eigenvalue weighted by Gasteiger charge is 2.26. The molecule has 0 amide bonds. The van der Waals surface area contributed by atoms with Crippen LogP contribution in [-0.2, 0) is 0 Å². The normalized spacial score (nSPS) is 24.1. The van der Waals surface area contributed by atoms with Gasteiger partial charge >= 0.3 is 0 Å². The molecule has 1 fully saturated rings. The standard InChI is InChI=1S/C18H28N2/c1-18(10-5-2-6-11-18)14-19-12-9-15-13-20-17-8-4-3-7-16(15)17/h3-4,7-8,15,19-20H,2,5-6,9-14H2,1H3. The summed E-state index contributed by atoms with van der Waals surface area (Å²) in [5.41, 5.74) is 3.42. The number of para-hydroxylation sites is 1. The maximum Gasteiger partial charge on any atom is 0.0376 e. The Morgan fingerprint density at radius 1 is 1.20 bits per heavy atom. The third kappa shape index (κ3) is 3.17. The van der Waals surface area contributed by atoms with Crippen molar-refractivity contribution in [2.45, 2.75) is 51.4 Å². The molecule has 1 unspecified atom stereocenters. The van der Waals surface area contributed by atoms with E-state index in [2.05, 4.69) is 41.8 Å². The lowest BCUT2D eigenvalue weighted by molar-refractivity contribution is 0.208. The largest absolute Gasteiger partial charge is 0.384 e. The first-order valence-electron chi connectivity index (χ1n) is 8.30. The molecule has 110 valence electrons. The first-order valence-corrected chi connectivity index (χ1v) is 8.30. The molecular weight excluding hydrogens is 244 g/mol. The zero-order valence-corrected chi connectivity index (χ0v) is 12.8. The summed E-state index contributed by atoms with van der Waals surface area (Å²) in [5.74, 6) is 0.692. The molecule has 1 aliphatic heterocycles. The minimum atomic E-state index is 0.560. The first-order chi connectivity index (χ1) is 9.77. The molecule has 0 bridgehead atoms. The van der Waals surface area contributed by atoms with Crippen molar-refractivity contribution in [3.8, 4) is 0 Å². The van der Waals surface area contributed by atoms with Crippen LogP contribution in [0.1, 0.15) is 56.9 Å². The van der Waals surface area contributed by atoms with Crippen molar-refractivity contribution in [2.75, 3.05) is 25.0 Å². The predicted octanol–water partition coefficient (Wildman–Crippen LogP) is 4.15. The summed E-state index contributed by atoms with van der Waals surface area (Å²) in [5, 5.41) is 7.25. The van der Waals surface area contributed by atoms with Crippen LogP contribution in [0.15, 0.2) is 24.3 Å². The lowest BCUT2D eigenvalue weighted by Crippen LogP contribution is -2.34. The van der Waals surface area contributed by atoms with Crippen molar-refractivity contribution in [1.29, 1.82) is 0 Å². The van der Waals surface area contributed by atoms with Crippen molar-refractivity contribution in [1.82, 2.24) is 5.32 Å². The number of hydrogen-bond donors (Lipinski definition) is 2. The van der Waals surface area contributed by atoms with Gasteiger partial charge in [0.25, 0.3) is 0 Å². The molecule has 2 nitrogen and oxygen atoms in total. The molecule has 0 radical (unpaired) electrons. The Kier molecular flexibility index (Phi) is 4.30. The molecule has 0 aromatic heterocycles. The van der Waals surface area contributed by atoms with E-state index in [-0.39, 0.29) is 0 Å². The van der Waals surface area contributed by atoms with Gasteiger partial charge in [0.1, 0.15) is 0 Å². The van der Waals surface area contributed by atoms with Crippen molar-refractivity contribution < 1.29 is 0 Å². The molecule has 2 aliphatic rings. The van der Waals surface area contributed by atoms with Crippen molar-refractivity contribution in [3.63, 3.8) is 0 Å². The number of rotatable bonds is 5. The average molecular weight is 272 g/mol. The van der Waals surface area contributed by atoms with E-state index in [1.807, 2.05) is 0 Å². The highest BCUT2D eigenvalue weighted by Crippen LogP contribution is 2.35. The van der Waals surface area contributed by atoms with E-state index in [9.17, 15) is 0 Å². The second kappa shape index (κ2) is 6.17. The minimum Gasteiger partial charge on any atom is -0.384 e. The predicted molar refractivity (Wildman–Crippen MR) is 86.4 cm³/mol. The molecule has 2 heteroatoms. The molecule has 1 aromatic rings. The second-order valence-corrected chi connectivity index (χ2v) is 7.00. The molecule has 1 saturated carbocycles. The van der Waals surface area contributed by atoms with Gasteiger partial charge in [-0.05, 0) is 42.9 Å². The molecule has 3 rings (SSSR count). The molecule has 20 heavy (non-hydrogen) atoms. The fraction of sp³-hybridized carbons (Fsp3) is 0.667. The summed E-state index contributed by atoms with van der Waals surface area (Å²) < 4.78 is 0. The fourth-order valence-corrected chi connectivity index (χ4v) is 3.86. The molecule has 0 spiro atoms. The third-order valence-electron chi connectivity index (χ3n) is 5.22. The average Bonchev–Trinajstić information content (AvgIpc) is 2.88. The van der Waals surface area contributed by atoms with Crippen LogP contribution in [0.4, 0.5) is 5.69 Å². The van der Waals surface area contributed by atoms with Crippen molar-refractivity contribution in [3.05, 3.63) is 29.8 Å². The summed E-state index contributed by atoms with van der Waals surface area (Å²) >= 11 is 0. The molecule has 1 aliphatic carbocycles. The topological polar surface area (TPSA) is 24.1 Å². The van der Waals surface area contributed by atoms with E-state index >= 15 is 0 Å². The van der Waals surface area contributed by atoms with Crippen molar-refractivity contribution >= 4 is 5.69 Å². The summed E-state index contributed by atoms with van der Waals surface area (Å²) in [6.07, 6.45) is 8.37. The van der Waals surface area contributed by atoms with Gasteiger partial charge in [-0.3, -0.25) is 0 Å². The molecule has 1 heterocycles. The van der Waals surface area contributed by atoms with E-state index in [0.717, 1.165) is 13.1 Å². The molecule has 2 N–H and O–H groups in total. The number of anilines is 1. The summed E-state index contributed by atoms with van der Waals surface area (Å²) in [6, 6.07) is 8.76. The fourth-order valence-electron chi connectivity index (χ4n) is 3.86. The number of benzene rings is 1. The van der Waals surface area contributed by atoms with E-state index in [1.54, 1.807) is 0 Å². The SMILES string of the molecule is CC1(CNCCC2CNc3ccccc32)CCCCC1. The third-order valence-corrected chi connectivity index (χ3v) is 5.22. The summed E-state index contributed by atoms with van der Waals surface area (Å²) in [6.45, 7) is 5.93. The van der Waals surface area contributed by atoms with Gasteiger partial charge < -0.3 is 10.6 Å². The summed E-state index contributed by atoms with van der Waals surface area (Å²) in [4.78, 5) is 0. The maximum absolute atomic E-state index is 3.73. The first kappa shape index (κ1) is 13.9. The van der Waals surface area contributed by atoms with Gasteiger partial charge in [-0.15, -0.1) is 0 Å². The van der Waals surface area contributed by atoms with Crippen LogP contribution < -0.4 is 10.6 Å². The van der Waals surface area contributed by atoms with E-state index < -0.39 is 0 Å². The van der Waals surface area contributed by atoms with Crippen LogP contribution in [0.2, 0.25) is 0 Å². The van der Waals surface area contributed by atoms with Crippen LogP contribution in [0.3, 0.4) is 0 Å². The highest BCUT2D eigenvalue weighted by atomic mass is 14.9. The van der Waals surface area contributed by atoms with Gasteiger partial charge in [0.05, 0.1) is 0 Å². The molecule has 1 atom stereocenters. The Bertz CT molecular complexity index is 435. The number of hydrogen-bond acceptors (Lipinski definition) is 2. The number of fused-ring (bicyclic) bond motifs is 1. The monoisotopic (exact) mass is 272 g/mol. The Morgan fingerprint density at radius 2 is 2.00 bits per heavy atom. The van der Waals surface area contributed by atoms with Crippen LogP contribution >= 0.6 is 0 Å². The van der Waals surface area contributed by atoms with Crippen molar-refractivity contribution in [2.24, 2.45) is 5.41 Å². The lowest BCUT2D eigenvalue weighted by Gasteiger charge is -2.34. The lowest BCUT2D eigenvalue weighted by atomic mass is 9.76. The van der Waals surface area contributed by atoms with Gasteiger partial charge in [-0.25, -0.2) is 0 Å². The second-order valence-electron chi connectivity index (χ2n) is 7.00. The van der Waals surface area contributed by atoms with Crippen LogP contribution in [0.25, 0.3) is 0 Å². The Morgan fingerprint density at radius 3 is 2.85 bits per heavy atom. The van der Waals surface area contributed by atoms with Gasteiger partial charge in [0, 0.05) is 24.7 Å². The van der Waals surface area contributed by atoms with Crippen LogP contribution in [0.5, 0.6) is 0 Å². The van der Waals surface area contributed by atoms with Crippen LogP contribution in [-0.4, -0.2) is 19.6 Å². The Balaban J connectivity index is 1.43. The smallest absolute Gasteiger partial charge is 0.0376 e. The Labute approximate surface area is 123 Å². The molecule has 1 aromatic carbocycles.